The lowest BCUT2D eigenvalue weighted by Crippen LogP contribution is -2.37. The topological polar surface area (TPSA) is 20.2 Å². The van der Waals surface area contributed by atoms with Crippen LogP contribution in [0.15, 0.2) is 188 Å². The van der Waals surface area contributed by atoms with Crippen LogP contribution in [0.5, 0.6) is 0 Å². The van der Waals surface area contributed by atoms with E-state index in [1.807, 2.05) is 0 Å². The lowest BCUT2D eigenvalue weighted by Gasteiger charge is -2.44. The van der Waals surface area contributed by atoms with E-state index in [4.69, 9.17) is 0 Å². The second-order valence-corrected chi connectivity index (χ2v) is 14.5. The fourth-order valence-electron chi connectivity index (χ4n) is 10.00. The van der Waals surface area contributed by atoms with E-state index in [0.717, 1.165) is 5.69 Å². The summed E-state index contributed by atoms with van der Waals surface area (Å²) < 4.78 is 2.42. The van der Waals surface area contributed by atoms with Crippen LogP contribution in [0.2, 0.25) is 0 Å². The molecule has 2 aliphatic heterocycles. The van der Waals surface area contributed by atoms with Gasteiger partial charge in [-0.2, -0.15) is 0 Å². The van der Waals surface area contributed by atoms with E-state index in [-0.39, 0.29) is 6.17 Å². The summed E-state index contributed by atoms with van der Waals surface area (Å²) in [6, 6.07) is 69.6. The number of anilines is 3. The van der Waals surface area contributed by atoms with Crippen molar-refractivity contribution in [3.8, 4) is 27.9 Å². The van der Waals surface area contributed by atoms with Crippen molar-refractivity contribution in [3.05, 3.63) is 216 Å². The van der Waals surface area contributed by atoms with Gasteiger partial charge in [-0.3, -0.25) is 0 Å². The molecule has 0 fully saturated rings. The minimum Gasteiger partial charge on any atom is -0.359 e. The lowest BCUT2D eigenvalue weighted by molar-refractivity contribution is 0.720. The molecule has 53 heavy (non-hydrogen) atoms. The molecular weight excluding hydrogens is 643 g/mol. The summed E-state index contributed by atoms with van der Waals surface area (Å²) in [4.78, 5) is 2.54. The van der Waals surface area contributed by atoms with E-state index in [1.54, 1.807) is 0 Å². The molecule has 3 heterocycles. The number of fused-ring (bicyclic) bond motifs is 12. The van der Waals surface area contributed by atoms with Gasteiger partial charge in [-0.1, -0.05) is 152 Å². The number of benzene rings is 8. The molecule has 0 amide bonds. The fraction of sp³-hybridized carbons (Fsp3) is 0.0400. The van der Waals surface area contributed by atoms with Crippen molar-refractivity contribution in [1.29, 1.82) is 0 Å². The maximum Gasteiger partial charge on any atom is 0.130 e. The number of aromatic nitrogens is 1. The zero-order chi connectivity index (χ0) is 34.7. The Morgan fingerprint density at radius 2 is 1.09 bits per heavy atom. The Labute approximate surface area is 308 Å². The van der Waals surface area contributed by atoms with E-state index >= 15 is 0 Å². The van der Waals surface area contributed by atoms with E-state index in [2.05, 4.69) is 203 Å². The molecule has 0 saturated carbocycles. The van der Waals surface area contributed by atoms with Gasteiger partial charge in [0, 0.05) is 22.1 Å². The molecule has 1 spiro atoms. The SMILES string of the molecule is c1ccc(C2Nc3cccc4c3N2c2ccccc2C42c3ccccc3-c3c(-c4cccc(-n5c6ccccc6c6ccccc65)c4)cccc32)cc1. The zero-order valence-electron chi connectivity index (χ0n) is 28.9. The highest BCUT2D eigenvalue weighted by atomic mass is 15.3. The quantitative estimate of drug-likeness (QED) is 0.201. The highest BCUT2D eigenvalue weighted by Gasteiger charge is 2.54. The molecule has 3 heteroatoms. The number of rotatable bonds is 3. The standard InChI is InChI=1S/C50H33N3/c1-2-15-32(16-3-1)49-51-43-27-14-26-42-48(43)53(49)46-30-11-8-24-40(46)50(42)39-23-7-4-21-38(39)47-35(22-13-25-41(47)50)33-17-12-18-34(31-33)52-44-28-9-5-19-36(44)37-20-6-10-29-45(37)52/h1-31,49,51H. The third-order valence-electron chi connectivity index (χ3n) is 12.0. The van der Waals surface area contributed by atoms with Crippen LogP contribution in [0.25, 0.3) is 49.7 Å². The summed E-state index contributed by atoms with van der Waals surface area (Å²) >= 11 is 0. The first kappa shape index (κ1) is 28.8. The maximum absolute atomic E-state index is 3.93. The number of para-hydroxylation sites is 4. The molecule has 12 rings (SSSR count). The summed E-state index contributed by atoms with van der Waals surface area (Å²) in [7, 11) is 0. The van der Waals surface area contributed by atoms with E-state index in [0.29, 0.717) is 0 Å². The van der Waals surface area contributed by atoms with Crippen molar-refractivity contribution in [1.82, 2.24) is 4.57 Å². The van der Waals surface area contributed by atoms with E-state index in [1.165, 1.54) is 88.9 Å². The third kappa shape index (κ3) is 3.68. The van der Waals surface area contributed by atoms with Gasteiger partial charge >= 0.3 is 0 Å². The van der Waals surface area contributed by atoms with Crippen molar-refractivity contribution in [3.63, 3.8) is 0 Å². The number of nitrogens with zero attached hydrogens (tertiary/aromatic N) is 2. The molecule has 3 aliphatic rings. The first-order valence-electron chi connectivity index (χ1n) is 18.5. The van der Waals surface area contributed by atoms with Gasteiger partial charge in [-0.05, 0) is 86.5 Å². The van der Waals surface area contributed by atoms with Crippen LogP contribution < -0.4 is 10.2 Å². The van der Waals surface area contributed by atoms with E-state index in [9.17, 15) is 0 Å². The summed E-state index contributed by atoms with van der Waals surface area (Å²) in [5.41, 5.74) is 18.4. The minimum atomic E-state index is -0.488. The molecule has 1 N–H and O–H groups in total. The Morgan fingerprint density at radius 3 is 1.92 bits per heavy atom. The zero-order valence-corrected chi connectivity index (χ0v) is 28.9. The highest BCUT2D eigenvalue weighted by molar-refractivity contribution is 6.09. The maximum atomic E-state index is 3.93. The Bertz CT molecular complexity index is 2900. The van der Waals surface area contributed by atoms with Gasteiger partial charge in [0.25, 0.3) is 0 Å². The average molecular weight is 676 g/mol. The smallest absolute Gasteiger partial charge is 0.130 e. The van der Waals surface area contributed by atoms with Crippen molar-refractivity contribution in [2.45, 2.75) is 11.6 Å². The summed E-state index contributed by atoms with van der Waals surface area (Å²) in [6.45, 7) is 0. The molecule has 0 saturated heterocycles. The predicted molar refractivity (Wildman–Crippen MR) is 218 cm³/mol. The van der Waals surface area contributed by atoms with Gasteiger partial charge in [-0.25, -0.2) is 0 Å². The Balaban J connectivity index is 1.12. The molecule has 8 aromatic carbocycles. The van der Waals surface area contributed by atoms with Crippen LogP contribution in [0.4, 0.5) is 17.1 Å². The second kappa shape index (κ2) is 10.6. The Morgan fingerprint density at radius 1 is 0.472 bits per heavy atom. The van der Waals surface area contributed by atoms with Crippen molar-refractivity contribution in [2.24, 2.45) is 0 Å². The molecule has 0 radical (unpaired) electrons. The average Bonchev–Trinajstić information content (AvgIpc) is 3.88. The van der Waals surface area contributed by atoms with Crippen molar-refractivity contribution < 1.29 is 0 Å². The van der Waals surface area contributed by atoms with Crippen LogP contribution in [-0.2, 0) is 5.41 Å². The van der Waals surface area contributed by atoms with Crippen LogP contribution >= 0.6 is 0 Å². The number of nitrogens with one attached hydrogen (secondary N) is 1. The van der Waals surface area contributed by atoms with Crippen LogP contribution in [0.1, 0.15) is 34.0 Å². The van der Waals surface area contributed by atoms with Crippen molar-refractivity contribution >= 4 is 38.9 Å². The molecular formula is C50H33N3. The summed E-state index contributed by atoms with van der Waals surface area (Å²) in [6.07, 6.45) is -0.00288. The molecule has 1 aliphatic carbocycles. The summed E-state index contributed by atoms with van der Waals surface area (Å²) in [5.74, 6) is 0. The summed E-state index contributed by atoms with van der Waals surface area (Å²) in [5, 5.41) is 6.48. The molecule has 3 nitrogen and oxygen atoms in total. The van der Waals surface area contributed by atoms with Gasteiger partial charge in [0.1, 0.15) is 6.17 Å². The molecule has 9 aromatic rings. The molecule has 248 valence electrons. The largest absolute Gasteiger partial charge is 0.359 e. The molecule has 0 bridgehead atoms. The van der Waals surface area contributed by atoms with Crippen LogP contribution in [-0.4, -0.2) is 4.57 Å². The predicted octanol–water partition coefficient (Wildman–Crippen LogP) is 12.4. The van der Waals surface area contributed by atoms with Gasteiger partial charge in [0.2, 0.25) is 0 Å². The Kier molecular flexibility index (Phi) is 5.76. The van der Waals surface area contributed by atoms with Crippen molar-refractivity contribution in [2.75, 3.05) is 10.2 Å². The lowest BCUT2D eigenvalue weighted by atomic mass is 9.64. The second-order valence-electron chi connectivity index (χ2n) is 14.5. The van der Waals surface area contributed by atoms with Crippen LogP contribution in [0, 0.1) is 0 Å². The van der Waals surface area contributed by atoms with E-state index < -0.39 is 5.41 Å². The Hall–Kier alpha value is -6.84. The van der Waals surface area contributed by atoms with Gasteiger partial charge in [-0.15, -0.1) is 0 Å². The van der Waals surface area contributed by atoms with Crippen LogP contribution in [0.3, 0.4) is 0 Å². The fourth-order valence-corrected chi connectivity index (χ4v) is 10.00. The molecule has 1 aromatic heterocycles. The molecule has 2 atom stereocenters. The number of hydrogen-bond donors (Lipinski definition) is 1. The minimum absolute atomic E-state index is 0.00288. The number of hydrogen-bond acceptors (Lipinski definition) is 2. The van der Waals surface area contributed by atoms with Gasteiger partial charge in [0.05, 0.1) is 27.8 Å². The first-order chi connectivity index (χ1) is 26.3. The normalized spacial score (nSPS) is 17.4. The third-order valence-corrected chi connectivity index (χ3v) is 12.0. The van der Waals surface area contributed by atoms with Gasteiger partial charge in [0.15, 0.2) is 0 Å². The molecule has 2 unspecified atom stereocenters. The van der Waals surface area contributed by atoms with Gasteiger partial charge < -0.3 is 14.8 Å². The monoisotopic (exact) mass is 675 g/mol. The first-order valence-corrected chi connectivity index (χ1v) is 18.5. The highest BCUT2D eigenvalue weighted by Crippen LogP contribution is 2.66.